The molecule has 1 aromatic rings. The molecule has 18 heavy (non-hydrogen) atoms. The van der Waals surface area contributed by atoms with Crippen molar-refractivity contribution in [3.05, 3.63) is 34.9 Å². The highest BCUT2D eigenvalue weighted by Gasteiger charge is 2.42. The quantitative estimate of drug-likeness (QED) is 0.837. The molecule has 3 rings (SSSR count). The number of benzene rings is 1. The fraction of sp³-hybridized carbons (Fsp3) is 0.600. The summed E-state index contributed by atoms with van der Waals surface area (Å²) in [4.78, 5) is 0. The van der Waals surface area contributed by atoms with Crippen LogP contribution in [0.1, 0.15) is 30.7 Å². The minimum atomic E-state index is 0.530. The number of nitrogens with one attached hydrogen (secondary N) is 1. The summed E-state index contributed by atoms with van der Waals surface area (Å²) in [6.07, 6.45) is 4.11. The van der Waals surface area contributed by atoms with E-state index in [9.17, 15) is 0 Å². The van der Waals surface area contributed by atoms with Gasteiger partial charge in [0.25, 0.3) is 0 Å². The summed E-state index contributed by atoms with van der Waals surface area (Å²) in [5.41, 5.74) is 2.00. The van der Waals surface area contributed by atoms with Gasteiger partial charge in [-0.25, -0.2) is 0 Å². The average molecular weight is 282 g/mol. The standard InChI is InChI=1S/C15H20ClNS/c16-13-4-2-12(3-5-13)14-10-17-8-7-15(14)6-1-9-18-11-15/h2-5,14,17H,1,6-11H2. The molecule has 2 saturated heterocycles. The molecule has 2 aliphatic heterocycles. The molecule has 1 N–H and O–H groups in total. The number of piperidine rings is 1. The van der Waals surface area contributed by atoms with E-state index in [0.29, 0.717) is 11.3 Å². The number of thioether (sulfide) groups is 1. The predicted molar refractivity (Wildman–Crippen MR) is 80.7 cm³/mol. The van der Waals surface area contributed by atoms with Gasteiger partial charge in [-0.3, -0.25) is 0 Å². The van der Waals surface area contributed by atoms with E-state index in [1.165, 1.54) is 42.9 Å². The molecule has 0 aromatic heterocycles. The van der Waals surface area contributed by atoms with Crippen LogP contribution in [0.4, 0.5) is 0 Å². The fourth-order valence-electron chi connectivity index (χ4n) is 3.49. The largest absolute Gasteiger partial charge is 0.316 e. The Labute approximate surface area is 119 Å². The van der Waals surface area contributed by atoms with E-state index in [1.54, 1.807) is 0 Å². The van der Waals surface area contributed by atoms with Gasteiger partial charge < -0.3 is 5.32 Å². The van der Waals surface area contributed by atoms with Gasteiger partial charge in [-0.05, 0) is 60.4 Å². The van der Waals surface area contributed by atoms with Crippen LogP contribution in [0.5, 0.6) is 0 Å². The summed E-state index contributed by atoms with van der Waals surface area (Å²) in [6.45, 7) is 2.31. The Bertz CT molecular complexity index is 389. The van der Waals surface area contributed by atoms with E-state index in [1.807, 2.05) is 12.1 Å². The third-order valence-corrected chi connectivity index (χ3v) is 6.12. The molecule has 1 spiro atoms. The summed E-state index contributed by atoms with van der Waals surface area (Å²) >= 11 is 8.16. The van der Waals surface area contributed by atoms with Crippen molar-refractivity contribution in [2.45, 2.75) is 25.2 Å². The Kier molecular flexibility index (Phi) is 3.88. The van der Waals surface area contributed by atoms with Crippen LogP contribution in [0.15, 0.2) is 24.3 Å². The second-order valence-electron chi connectivity index (χ2n) is 5.58. The van der Waals surface area contributed by atoms with Crippen molar-refractivity contribution in [3.8, 4) is 0 Å². The summed E-state index contributed by atoms with van der Waals surface area (Å²) in [5, 5.41) is 4.42. The van der Waals surface area contributed by atoms with E-state index in [-0.39, 0.29) is 0 Å². The van der Waals surface area contributed by atoms with Gasteiger partial charge in [-0.2, -0.15) is 11.8 Å². The van der Waals surface area contributed by atoms with Crippen LogP contribution in [0.2, 0.25) is 5.02 Å². The van der Waals surface area contributed by atoms with Crippen molar-refractivity contribution in [2.75, 3.05) is 24.6 Å². The van der Waals surface area contributed by atoms with Gasteiger partial charge in [0.15, 0.2) is 0 Å². The van der Waals surface area contributed by atoms with E-state index in [0.717, 1.165) is 11.6 Å². The molecule has 98 valence electrons. The molecule has 0 bridgehead atoms. The lowest BCUT2D eigenvalue weighted by Crippen LogP contribution is -2.46. The third-order valence-electron chi connectivity index (χ3n) is 4.51. The lowest BCUT2D eigenvalue weighted by atomic mass is 9.66. The molecule has 3 heteroatoms. The van der Waals surface area contributed by atoms with Crippen molar-refractivity contribution >= 4 is 23.4 Å². The van der Waals surface area contributed by atoms with E-state index in [2.05, 4.69) is 29.2 Å². The predicted octanol–water partition coefficient (Wildman–Crippen LogP) is 3.93. The molecule has 2 aliphatic rings. The summed E-state index contributed by atoms with van der Waals surface area (Å²) in [6, 6.07) is 8.52. The zero-order chi connectivity index (χ0) is 12.4. The highest BCUT2D eigenvalue weighted by atomic mass is 35.5. The summed E-state index contributed by atoms with van der Waals surface area (Å²) < 4.78 is 0. The second kappa shape index (κ2) is 5.44. The van der Waals surface area contributed by atoms with E-state index < -0.39 is 0 Å². The first-order chi connectivity index (χ1) is 8.80. The molecule has 2 heterocycles. The van der Waals surface area contributed by atoms with Crippen molar-refractivity contribution in [1.82, 2.24) is 5.32 Å². The Hall–Kier alpha value is -0.180. The van der Waals surface area contributed by atoms with Crippen LogP contribution in [-0.4, -0.2) is 24.6 Å². The molecule has 0 aliphatic carbocycles. The van der Waals surface area contributed by atoms with Crippen molar-refractivity contribution in [3.63, 3.8) is 0 Å². The van der Waals surface area contributed by atoms with E-state index >= 15 is 0 Å². The molecule has 2 atom stereocenters. The van der Waals surface area contributed by atoms with Gasteiger partial charge in [-0.15, -0.1) is 0 Å². The maximum Gasteiger partial charge on any atom is 0.0406 e. The Morgan fingerprint density at radius 1 is 1.22 bits per heavy atom. The first-order valence-electron chi connectivity index (χ1n) is 6.84. The van der Waals surface area contributed by atoms with Crippen LogP contribution in [0, 0.1) is 5.41 Å². The number of halogens is 1. The molecule has 1 nitrogen and oxygen atoms in total. The lowest BCUT2D eigenvalue weighted by Gasteiger charge is -2.47. The van der Waals surface area contributed by atoms with Crippen LogP contribution in [0.3, 0.4) is 0 Å². The van der Waals surface area contributed by atoms with Crippen LogP contribution in [0.25, 0.3) is 0 Å². The summed E-state index contributed by atoms with van der Waals surface area (Å²) in [7, 11) is 0. The summed E-state index contributed by atoms with van der Waals surface area (Å²) in [5.74, 6) is 3.35. The fourth-order valence-corrected chi connectivity index (χ4v) is 5.00. The van der Waals surface area contributed by atoms with Gasteiger partial charge in [0.05, 0.1) is 0 Å². The minimum absolute atomic E-state index is 0.530. The smallest absolute Gasteiger partial charge is 0.0406 e. The average Bonchev–Trinajstić information content (AvgIpc) is 2.42. The minimum Gasteiger partial charge on any atom is -0.316 e. The molecule has 1 aromatic carbocycles. The molecular formula is C15H20ClNS. The molecule has 0 radical (unpaired) electrons. The monoisotopic (exact) mass is 281 g/mol. The first-order valence-corrected chi connectivity index (χ1v) is 8.37. The van der Waals surface area contributed by atoms with E-state index in [4.69, 9.17) is 11.6 Å². The van der Waals surface area contributed by atoms with Crippen LogP contribution in [-0.2, 0) is 0 Å². The highest BCUT2D eigenvalue weighted by molar-refractivity contribution is 7.99. The second-order valence-corrected chi connectivity index (χ2v) is 7.12. The number of hydrogen-bond acceptors (Lipinski definition) is 2. The molecular weight excluding hydrogens is 262 g/mol. The van der Waals surface area contributed by atoms with Gasteiger partial charge in [0.2, 0.25) is 0 Å². The SMILES string of the molecule is Clc1ccc(C2CNCCC23CCCSC3)cc1. The van der Waals surface area contributed by atoms with Gasteiger partial charge in [-0.1, -0.05) is 23.7 Å². The number of hydrogen-bond donors (Lipinski definition) is 1. The van der Waals surface area contributed by atoms with Crippen molar-refractivity contribution < 1.29 is 0 Å². The zero-order valence-corrected chi connectivity index (χ0v) is 12.2. The molecule has 2 unspecified atom stereocenters. The highest BCUT2D eigenvalue weighted by Crippen LogP contribution is 2.49. The normalized spacial score (nSPS) is 32.6. The van der Waals surface area contributed by atoms with Crippen molar-refractivity contribution in [1.29, 1.82) is 0 Å². The molecule has 0 saturated carbocycles. The van der Waals surface area contributed by atoms with Crippen LogP contribution >= 0.6 is 23.4 Å². The lowest BCUT2D eigenvalue weighted by molar-refractivity contribution is 0.173. The zero-order valence-electron chi connectivity index (χ0n) is 10.6. The van der Waals surface area contributed by atoms with Crippen LogP contribution < -0.4 is 5.32 Å². The first kappa shape index (κ1) is 12.8. The maximum absolute atomic E-state index is 6.01. The number of rotatable bonds is 1. The molecule has 2 fully saturated rings. The topological polar surface area (TPSA) is 12.0 Å². The van der Waals surface area contributed by atoms with Gasteiger partial charge >= 0.3 is 0 Å². The molecule has 0 amide bonds. The Morgan fingerprint density at radius 2 is 2.06 bits per heavy atom. The van der Waals surface area contributed by atoms with Gasteiger partial charge in [0, 0.05) is 17.5 Å². The van der Waals surface area contributed by atoms with Crippen molar-refractivity contribution in [2.24, 2.45) is 5.41 Å². The van der Waals surface area contributed by atoms with Gasteiger partial charge in [0.1, 0.15) is 0 Å². The third kappa shape index (κ3) is 2.43. The Morgan fingerprint density at radius 3 is 2.78 bits per heavy atom. The Balaban J connectivity index is 1.89. The maximum atomic E-state index is 6.01.